The topological polar surface area (TPSA) is 72.9 Å². The van der Waals surface area contributed by atoms with E-state index in [1.807, 2.05) is 0 Å². The summed E-state index contributed by atoms with van der Waals surface area (Å²) in [4.78, 5) is 11.4. The Hall–Kier alpha value is -3.50. The zero-order chi connectivity index (χ0) is 29.2. The molecule has 0 amide bonds. The zero-order valence-corrected chi connectivity index (χ0v) is 23.5. The SMILES string of the molecule is CC(=O)CCC1CN(S(=O)(=O)c2cccc(OC(F)F)c2)c2c(ccc(C=C(C)c3c(F)cccc3Cl)c2C)O1. The third-order valence-corrected chi connectivity index (χ3v) is 8.59. The molecule has 40 heavy (non-hydrogen) atoms. The van der Waals surface area contributed by atoms with Crippen molar-refractivity contribution in [2.45, 2.75) is 51.2 Å². The Balaban J connectivity index is 1.83. The van der Waals surface area contributed by atoms with E-state index in [1.165, 1.54) is 37.3 Å². The number of alkyl halides is 2. The maximum Gasteiger partial charge on any atom is 0.387 e. The number of hydrogen-bond donors (Lipinski definition) is 0. The second-order valence-corrected chi connectivity index (χ2v) is 11.7. The van der Waals surface area contributed by atoms with Crippen LogP contribution in [0.15, 0.2) is 59.5 Å². The van der Waals surface area contributed by atoms with Gasteiger partial charge in [-0.1, -0.05) is 35.9 Å². The van der Waals surface area contributed by atoms with E-state index in [1.54, 1.807) is 38.1 Å². The molecule has 1 aliphatic rings. The summed E-state index contributed by atoms with van der Waals surface area (Å²) >= 11 is 6.24. The third-order valence-electron chi connectivity index (χ3n) is 6.51. The Labute approximate surface area is 236 Å². The number of carbonyl (C=O) groups is 1. The highest BCUT2D eigenvalue weighted by Crippen LogP contribution is 2.43. The molecule has 0 aliphatic carbocycles. The fourth-order valence-corrected chi connectivity index (χ4v) is 6.51. The van der Waals surface area contributed by atoms with Gasteiger partial charge in [0.25, 0.3) is 10.0 Å². The molecule has 4 rings (SSSR count). The number of anilines is 1. The van der Waals surface area contributed by atoms with Crippen LogP contribution in [0.5, 0.6) is 11.5 Å². The lowest BCUT2D eigenvalue weighted by molar-refractivity contribution is -0.117. The van der Waals surface area contributed by atoms with E-state index in [0.717, 1.165) is 10.4 Å². The second-order valence-electron chi connectivity index (χ2n) is 9.42. The van der Waals surface area contributed by atoms with Crippen molar-refractivity contribution < 1.29 is 35.9 Å². The highest BCUT2D eigenvalue weighted by molar-refractivity contribution is 7.92. The largest absolute Gasteiger partial charge is 0.486 e. The van der Waals surface area contributed by atoms with Gasteiger partial charge in [-0.15, -0.1) is 0 Å². The Kier molecular flexibility index (Phi) is 8.80. The molecule has 1 heterocycles. The molecule has 0 saturated carbocycles. The van der Waals surface area contributed by atoms with Crippen LogP contribution in [0.4, 0.5) is 18.9 Å². The number of carbonyl (C=O) groups excluding carboxylic acids is 1. The van der Waals surface area contributed by atoms with Gasteiger partial charge in [0.05, 0.1) is 22.2 Å². The molecule has 1 unspecified atom stereocenters. The summed E-state index contributed by atoms with van der Waals surface area (Å²) in [6, 6.07) is 12.6. The molecule has 0 saturated heterocycles. The van der Waals surface area contributed by atoms with Crippen LogP contribution in [-0.4, -0.2) is 33.5 Å². The Morgan fingerprint density at radius 3 is 2.58 bits per heavy atom. The Morgan fingerprint density at radius 2 is 1.90 bits per heavy atom. The van der Waals surface area contributed by atoms with Crippen LogP contribution >= 0.6 is 11.6 Å². The number of nitrogens with zero attached hydrogens (tertiary/aromatic N) is 1. The first-order chi connectivity index (χ1) is 18.9. The molecule has 0 aromatic heterocycles. The Bertz CT molecular complexity index is 1560. The number of benzene rings is 3. The van der Waals surface area contributed by atoms with Crippen molar-refractivity contribution >= 4 is 44.7 Å². The number of sulfonamides is 1. The summed E-state index contributed by atoms with van der Waals surface area (Å²) in [6.07, 6.45) is 1.53. The molecule has 0 radical (unpaired) electrons. The van der Waals surface area contributed by atoms with Gasteiger partial charge in [0, 0.05) is 18.1 Å². The van der Waals surface area contributed by atoms with Gasteiger partial charge >= 0.3 is 6.61 Å². The van der Waals surface area contributed by atoms with Crippen LogP contribution in [0.25, 0.3) is 11.6 Å². The minimum Gasteiger partial charge on any atom is -0.486 e. The summed E-state index contributed by atoms with van der Waals surface area (Å²) in [6.45, 7) is 1.60. The van der Waals surface area contributed by atoms with Crippen molar-refractivity contribution in [2.24, 2.45) is 0 Å². The lowest BCUT2D eigenvalue weighted by Crippen LogP contribution is -2.44. The summed E-state index contributed by atoms with van der Waals surface area (Å²) in [7, 11) is -4.30. The average molecular weight is 594 g/mol. The monoisotopic (exact) mass is 593 g/mol. The van der Waals surface area contributed by atoms with Crippen molar-refractivity contribution in [3.05, 3.63) is 82.1 Å². The van der Waals surface area contributed by atoms with E-state index in [0.29, 0.717) is 16.7 Å². The smallest absolute Gasteiger partial charge is 0.387 e. The van der Waals surface area contributed by atoms with E-state index < -0.39 is 28.6 Å². The van der Waals surface area contributed by atoms with Crippen LogP contribution in [0, 0.1) is 12.7 Å². The molecule has 0 fully saturated rings. The van der Waals surface area contributed by atoms with Crippen LogP contribution < -0.4 is 13.8 Å². The fraction of sp³-hybridized carbons (Fsp3) is 0.276. The van der Waals surface area contributed by atoms with Crippen molar-refractivity contribution in [2.75, 3.05) is 10.8 Å². The van der Waals surface area contributed by atoms with Crippen molar-refractivity contribution in [1.82, 2.24) is 0 Å². The van der Waals surface area contributed by atoms with Gasteiger partial charge in [-0.2, -0.15) is 8.78 Å². The molecule has 0 spiro atoms. The highest BCUT2D eigenvalue weighted by Gasteiger charge is 2.36. The predicted molar refractivity (Wildman–Crippen MR) is 148 cm³/mol. The van der Waals surface area contributed by atoms with Crippen LogP contribution in [0.2, 0.25) is 5.02 Å². The van der Waals surface area contributed by atoms with Gasteiger partial charge < -0.3 is 14.3 Å². The van der Waals surface area contributed by atoms with E-state index in [9.17, 15) is 26.4 Å². The number of Topliss-reactive ketones (excluding diaryl/α,β-unsaturated/α-hetero) is 1. The lowest BCUT2D eigenvalue weighted by Gasteiger charge is -2.37. The highest BCUT2D eigenvalue weighted by atomic mass is 35.5. The number of ether oxygens (including phenoxy) is 2. The standard InChI is InChI=1S/C29H27ClF3NO5S/c1-17(27-24(30)8-5-9-25(27)31)14-20-11-13-26-28(19(20)3)34(16-22(38-26)12-10-18(2)35)40(36,37)23-7-4-6-21(15-23)39-29(32)33/h4-9,11,13-15,22,29H,10,12,16H2,1-3H3. The quantitative estimate of drug-likeness (QED) is 0.244. The molecule has 0 bridgehead atoms. The Morgan fingerprint density at radius 1 is 1.18 bits per heavy atom. The number of fused-ring (bicyclic) bond motifs is 1. The zero-order valence-electron chi connectivity index (χ0n) is 22.0. The minimum atomic E-state index is -4.30. The molecule has 1 atom stereocenters. The van der Waals surface area contributed by atoms with Gasteiger partial charge in [0.2, 0.25) is 0 Å². The van der Waals surface area contributed by atoms with E-state index >= 15 is 0 Å². The third kappa shape index (κ3) is 6.28. The molecule has 0 N–H and O–H groups in total. The molecule has 11 heteroatoms. The van der Waals surface area contributed by atoms with E-state index in [4.69, 9.17) is 16.3 Å². The fourth-order valence-electron chi connectivity index (χ4n) is 4.60. The number of rotatable bonds is 9. The molecular formula is C29H27ClF3NO5S. The molecule has 3 aromatic rings. The van der Waals surface area contributed by atoms with Gasteiger partial charge in [0.1, 0.15) is 29.2 Å². The molecule has 6 nitrogen and oxygen atoms in total. The van der Waals surface area contributed by atoms with Crippen LogP contribution in [0.1, 0.15) is 43.4 Å². The van der Waals surface area contributed by atoms with Gasteiger partial charge in [-0.05, 0) is 74.2 Å². The normalized spacial score (nSPS) is 15.6. The van der Waals surface area contributed by atoms with Crippen LogP contribution in [-0.2, 0) is 14.8 Å². The number of halogens is 4. The lowest BCUT2D eigenvalue weighted by atomic mass is 9.98. The van der Waals surface area contributed by atoms with E-state index in [2.05, 4.69) is 4.74 Å². The minimum absolute atomic E-state index is 0.0698. The number of ketones is 1. The maximum absolute atomic E-state index is 14.6. The number of hydrogen-bond acceptors (Lipinski definition) is 5. The predicted octanol–water partition coefficient (Wildman–Crippen LogP) is 7.27. The van der Waals surface area contributed by atoms with Gasteiger partial charge in [-0.3, -0.25) is 4.31 Å². The molecular weight excluding hydrogens is 567 g/mol. The first kappa shape index (κ1) is 29.5. The average Bonchev–Trinajstić information content (AvgIpc) is 2.88. The summed E-state index contributed by atoms with van der Waals surface area (Å²) in [5, 5.41) is 0.233. The van der Waals surface area contributed by atoms with Crippen molar-refractivity contribution in [1.29, 1.82) is 0 Å². The maximum atomic E-state index is 14.6. The van der Waals surface area contributed by atoms with Crippen LogP contribution in [0.3, 0.4) is 0 Å². The van der Waals surface area contributed by atoms with E-state index in [-0.39, 0.29) is 57.8 Å². The molecule has 1 aliphatic heterocycles. The number of allylic oxidation sites excluding steroid dienone is 1. The summed E-state index contributed by atoms with van der Waals surface area (Å²) in [5.74, 6) is -0.591. The molecule has 212 valence electrons. The van der Waals surface area contributed by atoms with Crippen molar-refractivity contribution in [3.8, 4) is 11.5 Å². The second kappa shape index (κ2) is 11.9. The first-order valence-electron chi connectivity index (χ1n) is 12.4. The summed E-state index contributed by atoms with van der Waals surface area (Å²) in [5.41, 5.74) is 2.12. The van der Waals surface area contributed by atoms with Gasteiger partial charge in [-0.25, -0.2) is 12.8 Å². The molecule has 3 aromatic carbocycles. The van der Waals surface area contributed by atoms with Gasteiger partial charge in [0.15, 0.2) is 0 Å². The first-order valence-corrected chi connectivity index (χ1v) is 14.2. The van der Waals surface area contributed by atoms with Crippen molar-refractivity contribution in [3.63, 3.8) is 0 Å². The summed E-state index contributed by atoms with van der Waals surface area (Å²) < 4.78 is 79.7.